The van der Waals surface area contributed by atoms with E-state index in [1.54, 1.807) is 0 Å². The molecule has 1 aromatic rings. The van der Waals surface area contributed by atoms with Crippen LogP contribution < -0.4 is 10.5 Å². The number of ether oxygens (including phenoxy) is 1. The topological polar surface area (TPSA) is 35.2 Å². The zero-order valence-corrected chi connectivity index (χ0v) is 10.5. The molecular weight excluding hydrogens is 198 g/mol. The van der Waals surface area contributed by atoms with E-state index in [9.17, 15) is 0 Å². The van der Waals surface area contributed by atoms with Gasteiger partial charge in [-0.3, -0.25) is 0 Å². The number of aryl methyl sites for hydroxylation is 1. The summed E-state index contributed by atoms with van der Waals surface area (Å²) in [4.78, 5) is 0. The van der Waals surface area contributed by atoms with Gasteiger partial charge in [-0.2, -0.15) is 0 Å². The molecule has 2 nitrogen and oxygen atoms in total. The van der Waals surface area contributed by atoms with Crippen LogP contribution in [0.25, 0.3) is 0 Å². The first-order valence-corrected chi connectivity index (χ1v) is 6.23. The largest absolute Gasteiger partial charge is 0.494 e. The Labute approximate surface area is 98.8 Å². The number of anilines is 1. The van der Waals surface area contributed by atoms with Crippen molar-refractivity contribution in [3.8, 4) is 5.75 Å². The summed E-state index contributed by atoms with van der Waals surface area (Å²) in [5.41, 5.74) is 7.66. The zero-order valence-electron chi connectivity index (χ0n) is 10.5. The summed E-state index contributed by atoms with van der Waals surface area (Å²) < 4.78 is 5.67. The van der Waals surface area contributed by atoms with Gasteiger partial charge in [0, 0.05) is 5.69 Å². The molecule has 0 aromatic heterocycles. The van der Waals surface area contributed by atoms with Crippen LogP contribution in [0.4, 0.5) is 5.69 Å². The Morgan fingerprint density at radius 3 is 2.56 bits per heavy atom. The van der Waals surface area contributed by atoms with Crippen molar-refractivity contribution >= 4 is 5.69 Å². The van der Waals surface area contributed by atoms with Crippen molar-refractivity contribution in [3.05, 3.63) is 23.8 Å². The molecule has 1 rings (SSSR count). The Hall–Kier alpha value is -1.18. The number of benzene rings is 1. The van der Waals surface area contributed by atoms with E-state index in [1.807, 2.05) is 25.1 Å². The third kappa shape index (κ3) is 4.56. The maximum Gasteiger partial charge on any atom is 0.119 e. The highest BCUT2D eigenvalue weighted by Crippen LogP contribution is 2.18. The number of nitrogens with two attached hydrogens (primary N) is 1. The SMILES string of the molecule is CCCCCCCOc1ccc(N)c(C)c1. The van der Waals surface area contributed by atoms with Crippen molar-refractivity contribution < 1.29 is 4.74 Å². The van der Waals surface area contributed by atoms with Crippen molar-refractivity contribution in [2.75, 3.05) is 12.3 Å². The number of nitrogen functional groups attached to an aromatic ring is 1. The number of rotatable bonds is 7. The molecule has 0 saturated carbocycles. The van der Waals surface area contributed by atoms with Crippen LogP contribution in [0, 0.1) is 6.92 Å². The van der Waals surface area contributed by atoms with E-state index in [0.29, 0.717) is 0 Å². The quantitative estimate of drug-likeness (QED) is 0.559. The van der Waals surface area contributed by atoms with Gasteiger partial charge in [0.25, 0.3) is 0 Å². The fraction of sp³-hybridized carbons (Fsp3) is 0.571. The Kier molecular flexibility index (Phi) is 5.76. The zero-order chi connectivity index (χ0) is 11.8. The Morgan fingerprint density at radius 2 is 1.88 bits per heavy atom. The molecule has 90 valence electrons. The summed E-state index contributed by atoms with van der Waals surface area (Å²) >= 11 is 0. The van der Waals surface area contributed by atoms with E-state index < -0.39 is 0 Å². The second-order valence-electron chi connectivity index (χ2n) is 4.28. The van der Waals surface area contributed by atoms with Crippen LogP contribution in [0.2, 0.25) is 0 Å². The minimum Gasteiger partial charge on any atom is -0.494 e. The van der Waals surface area contributed by atoms with Gasteiger partial charge in [0.1, 0.15) is 5.75 Å². The van der Waals surface area contributed by atoms with Crippen LogP contribution in [0.15, 0.2) is 18.2 Å². The Balaban J connectivity index is 2.19. The molecule has 1 aromatic carbocycles. The third-order valence-electron chi connectivity index (χ3n) is 2.76. The molecule has 0 fully saturated rings. The lowest BCUT2D eigenvalue weighted by atomic mass is 10.2. The highest BCUT2D eigenvalue weighted by Gasteiger charge is 1.97. The summed E-state index contributed by atoms with van der Waals surface area (Å²) in [5.74, 6) is 0.933. The molecule has 0 aliphatic heterocycles. The van der Waals surface area contributed by atoms with Crippen LogP contribution in [-0.4, -0.2) is 6.61 Å². The van der Waals surface area contributed by atoms with Crippen molar-refractivity contribution in [3.63, 3.8) is 0 Å². The smallest absolute Gasteiger partial charge is 0.119 e. The fourth-order valence-corrected chi connectivity index (χ4v) is 1.63. The molecule has 16 heavy (non-hydrogen) atoms. The second-order valence-corrected chi connectivity index (χ2v) is 4.28. The van der Waals surface area contributed by atoms with E-state index in [2.05, 4.69) is 6.92 Å². The van der Waals surface area contributed by atoms with Gasteiger partial charge in [0.05, 0.1) is 6.61 Å². The molecule has 0 spiro atoms. The molecule has 0 amide bonds. The minimum absolute atomic E-state index is 0.813. The van der Waals surface area contributed by atoms with Crippen molar-refractivity contribution in [1.29, 1.82) is 0 Å². The van der Waals surface area contributed by atoms with E-state index in [-0.39, 0.29) is 0 Å². The first-order valence-electron chi connectivity index (χ1n) is 6.23. The van der Waals surface area contributed by atoms with E-state index in [1.165, 1.54) is 25.7 Å². The molecule has 2 heteroatoms. The first kappa shape index (κ1) is 12.9. The lowest BCUT2D eigenvalue weighted by Gasteiger charge is -2.08. The maximum atomic E-state index is 5.74. The molecule has 0 unspecified atom stereocenters. The van der Waals surface area contributed by atoms with Crippen LogP contribution in [0.3, 0.4) is 0 Å². The molecule has 0 atom stereocenters. The molecule has 0 bridgehead atoms. The summed E-state index contributed by atoms with van der Waals surface area (Å²) in [6.07, 6.45) is 6.35. The normalized spacial score (nSPS) is 10.4. The number of hydrogen-bond donors (Lipinski definition) is 1. The van der Waals surface area contributed by atoms with E-state index >= 15 is 0 Å². The van der Waals surface area contributed by atoms with Gasteiger partial charge in [0.2, 0.25) is 0 Å². The first-order chi connectivity index (χ1) is 7.74. The predicted molar refractivity (Wildman–Crippen MR) is 69.8 cm³/mol. The highest BCUT2D eigenvalue weighted by molar-refractivity contribution is 5.49. The lowest BCUT2D eigenvalue weighted by Crippen LogP contribution is -1.98. The minimum atomic E-state index is 0.813. The molecule has 0 aliphatic carbocycles. The standard InChI is InChI=1S/C14H23NO/c1-3-4-5-6-7-10-16-13-8-9-14(15)12(2)11-13/h8-9,11H,3-7,10,15H2,1-2H3. The molecule has 0 radical (unpaired) electrons. The van der Waals surface area contributed by atoms with Gasteiger partial charge >= 0.3 is 0 Å². The maximum absolute atomic E-state index is 5.74. The summed E-state index contributed by atoms with van der Waals surface area (Å²) in [6, 6.07) is 5.84. The van der Waals surface area contributed by atoms with Crippen molar-refractivity contribution in [1.82, 2.24) is 0 Å². The fourth-order valence-electron chi connectivity index (χ4n) is 1.63. The average molecular weight is 221 g/mol. The van der Waals surface area contributed by atoms with Crippen molar-refractivity contribution in [2.45, 2.75) is 46.0 Å². The van der Waals surface area contributed by atoms with Crippen LogP contribution >= 0.6 is 0 Å². The molecule has 0 saturated heterocycles. The van der Waals surface area contributed by atoms with Crippen LogP contribution in [0.1, 0.15) is 44.6 Å². The van der Waals surface area contributed by atoms with Gasteiger partial charge in [-0.15, -0.1) is 0 Å². The Bertz CT molecular complexity index is 310. The third-order valence-corrected chi connectivity index (χ3v) is 2.76. The van der Waals surface area contributed by atoms with Gasteiger partial charge in [-0.25, -0.2) is 0 Å². The van der Waals surface area contributed by atoms with Gasteiger partial charge in [-0.1, -0.05) is 32.6 Å². The van der Waals surface area contributed by atoms with Crippen LogP contribution in [0.5, 0.6) is 5.75 Å². The molecule has 0 heterocycles. The number of hydrogen-bond acceptors (Lipinski definition) is 2. The van der Waals surface area contributed by atoms with Gasteiger partial charge in [0.15, 0.2) is 0 Å². The Morgan fingerprint density at radius 1 is 1.12 bits per heavy atom. The summed E-state index contributed by atoms with van der Waals surface area (Å²) in [7, 11) is 0. The lowest BCUT2D eigenvalue weighted by molar-refractivity contribution is 0.304. The van der Waals surface area contributed by atoms with E-state index in [4.69, 9.17) is 10.5 Å². The number of unbranched alkanes of at least 4 members (excludes halogenated alkanes) is 4. The molecule has 0 aliphatic rings. The summed E-state index contributed by atoms with van der Waals surface area (Å²) in [6.45, 7) is 5.05. The molecule has 2 N–H and O–H groups in total. The second kappa shape index (κ2) is 7.15. The summed E-state index contributed by atoms with van der Waals surface area (Å²) in [5, 5.41) is 0. The van der Waals surface area contributed by atoms with Gasteiger partial charge < -0.3 is 10.5 Å². The van der Waals surface area contributed by atoms with Crippen molar-refractivity contribution in [2.24, 2.45) is 0 Å². The average Bonchev–Trinajstić information content (AvgIpc) is 2.28. The molecular formula is C14H23NO. The van der Waals surface area contributed by atoms with Gasteiger partial charge in [-0.05, 0) is 37.1 Å². The van der Waals surface area contributed by atoms with E-state index in [0.717, 1.165) is 30.0 Å². The van der Waals surface area contributed by atoms with Crippen LogP contribution in [-0.2, 0) is 0 Å². The predicted octanol–water partition coefficient (Wildman–Crippen LogP) is 3.93. The highest BCUT2D eigenvalue weighted by atomic mass is 16.5. The monoisotopic (exact) mass is 221 g/mol.